The Kier molecular flexibility index (Phi) is 7.95. The van der Waals surface area contributed by atoms with E-state index in [0.717, 1.165) is 6.26 Å². The van der Waals surface area contributed by atoms with Gasteiger partial charge < -0.3 is 24.0 Å². The third-order valence-corrected chi connectivity index (χ3v) is 7.87. The summed E-state index contributed by atoms with van der Waals surface area (Å²) >= 11 is 0. The lowest BCUT2D eigenvalue weighted by Crippen LogP contribution is -2.13. The smallest absolute Gasteiger partial charge is 0.356 e. The van der Waals surface area contributed by atoms with Crippen LogP contribution in [0.3, 0.4) is 0 Å². The third kappa shape index (κ3) is 6.93. The zero-order valence-electron chi connectivity index (χ0n) is 20.1. The van der Waals surface area contributed by atoms with Crippen molar-refractivity contribution in [3.05, 3.63) is 70.2 Å². The van der Waals surface area contributed by atoms with Crippen molar-refractivity contribution in [1.29, 1.82) is 0 Å². The van der Waals surface area contributed by atoms with E-state index >= 15 is 0 Å². The molecule has 0 saturated heterocycles. The van der Waals surface area contributed by atoms with Crippen LogP contribution in [-0.4, -0.2) is 47.1 Å². The van der Waals surface area contributed by atoms with Crippen molar-refractivity contribution < 1.29 is 31.2 Å². The number of furan rings is 1. The van der Waals surface area contributed by atoms with Crippen molar-refractivity contribution in [3.63, 3.8) is 0 Å². The normalized spacial score (nSPS) is 13.7. The molecule has 0 fully saturated rings. The van der Waals surface area contributed by atoms with Crippen molar-refractivity contribution in [3.8, 4) is 0 Å². The van der Waals surface area contributed by atoms with E-state index in [1.807, 2.05) is 0 Å². The zero-order chi connectivity index (χ0) is 26.6. The summed E-state index contributed by atoms with van der Waals surface area (Å²) in [5, 5.41) is 0. The summed E-state index contributed by atoms with van der Waals surface area (Å²) < 4.78 is 60.7. The fraction of sp³-hybridized carbons (Fsp3) is 0.318. The Bertz CT molecular complexity index is 1590. The van der Waals surface area contributed by atoms with E-state index in [0.29, 0.717) is 22.7 Å². The molecule has 4 rings (SSSR count). The Morgan fingerprint density at radius 3 is 2.54 bits per heavy atom. The Balaban J connectivity index is 1.40. The van der Waals surface area contributed by atoms with Gasteiger partial charge in [0.15, 0.2) is 21.0 Å². The van der Waals surface area contributed by atoms with Gasteiger partial charge in [-0.1, -0.05) is 12.1 Å². The highest BCUT2D eigenvalue weighted by atomic mass is 32.2. The van der Waals surface area contributed by atoms with Crippen molar-refractivity contribution in [1.82, 2.24) is 19.5 Å². The molecule has 1 unspecified atom stereocenters. The second kappa shape index (κ2) is 11.0. The molecule has 4 aromatic rings. The lowest BCUT2D eigenvalue weighted by Gasteiger charge is -2.18. The van der Waals surface area contributed by atoms with Crippen LogP contribution in [-0.2, 0) is 47.9 Å². The second-order valence-corrected chi connectivity index (χ2v) is 12.2. The number of anilines is 1. The van der Waals surface area contributed by atoms with Crippen LogP contribution in [0.15, 0.2) is 56.8 Å². The molecule has 3 aromatic heterocycles. The highest BCUT2D eigenvalue weighted by Gasteiger charge is 2.26. The topological polar surface area (TPSA) is 182 Å². The van der Waals surface area contributed by atoms with E-state index in [4.69, 9.17) is 23.9 Å². The fourth-order valence-corrected chi connectivity index (χ4v) is 5.19. The van der Waals surface area contributed by atoms with Gasteiger partial charge in [-0.25, -0.2) is 13.4 Å². The molecular weight excluding hydrogens is 525 g/mol. The first-order valence-corrected chi connectivity index (χ1v) is 14.7. The van der Waals surface area contributed by atoms with Crippen molar-refractivity contribution >= 4 is 34.5 Å². The number of hydrogen-bond donors (Lipinski definition) is 2. The summed E-state index contributed by atoms with van der Waals surface area (Å²) in [7, 11) is -7.11. The molecule has 3 heterocycles. The monoisotopic (exact) mass is 551 g/mol. The minimum atomic E-state index is -3.77. The Hall–Kier alpha value is -3.29. The maximum absolute atomic E-state index is 13.5. The maximum atomic E-state index is 13.5. The van der Waals surface area contributed by atoms with Crippen molar-refractivity contribution in [2.24, 2.45) is 0 Å². The standard InChI is InChI=1S/C22H26N5O8PS/c1-15-3-6-17(35-15)12-34-36(29,33-11-16-4-7-18(8-5-16)37(2,30)31)14-32-10-9-27-13-24-19-20(27)25-22(23)26-21(19)28/h3-8,13H,9-12,14H2,1-2H3,(H3,23,25,26,28). The van der Waals surface area contributed by atoms with Crippen LogP contribution >= 0.6 is 7.60 Å². The molecule has 0 radical (unpaired) electrons. The van der Waals surface area contributed by atoms with Crippen LogP contribution in [0.2, 0.25) is 0 Å². The number of aromatic nitrogens is 4. The molecule has 0 aliphatic carbocycles. The number of aromatic amines is 1. The molecule has 1 atom stereocenters. The number of nitrogen functional groups attached to an aromatic ring is 1. The van der Waals surface area contributed by atoms with E-state index in [1.54, 1.807) is 35.8 Å². The van der Waals surface area contributed by atoms with Gasteiger partial charge in [-0.15, -0.1) is 0 Å². The molecule has 1 aromatic carbocycles. The Morgan fingerprint density at radius 1 is 1.14 bits per heavy atom. The first-order chi connectivity index (χ1) is 17.5. The summed E-state index contributed by atoms with van der Waals surface area (Å²) in [5.74, 6) is 1.11. The zero-order valence-corrected chi connectivity index (χ0v) is 21.8. The number of imidazole rings is 1. The number of nitrogens with two attached hydrogens (primary N) is 1. The third-order valence-electron chi connectivity index (χ3n) is 5.20. The van der Waals surface area contributed by atoms with Crippen molar-refractivity contribution in [2.45, 2.75) is 31.6 Å². The minimum absolute atomic E-state index is 0.0378. The van der Waals surface area contributed by atoms with Gasteiger partial charge in [-0.3, -0.25) is 18.9 Å². The molecular formula is C22H26N5O8PS. The molecule has 3 N–H and O–H groups in total. The number of nitrogens with one attached hydrogen (secondary N) is 1. The van der Waals surface area contributed by atoms with Crippen LogP contribution in [0, 0.1) is 6.92 Å². The quantitative estimate of drug-likeness (QED) is 0.195. The number of sulfone groups is 1. The molecule has 0 aliphatic heterocycles. The van der Waals surface area contributed by atoms with Gasteiger partial charge in [0.1, 0.15) is 24.5 Å². The maximum Gasteiger partial charge on any atom is 0.356 e. The predicted octanol–water partition coefficient (Wildman–Crippen LogP) is 2.61. The number of fused-ring (bicyclic) bond motifs is 1. The molecule has 0 aliphatic rings. The average Bonchev–Trinajstić information content (AvgIpc) is 3.45. The van der Waals surface area contributed by atoms with E-state index in [9.17, 15) is 17.8 Å². The van der Waals surface area contributed by atoms with Gasteiger partial charge in [0.05, 0.1) is 24.4 Å². The summed E-state index contributed by atoms with van der Waals surface area (Å²) in [5.41, 5.74) is 6.20. The first kappa shape index (κ1) is 26.8. The number of aryl methyl sites for hydroxylation is 1. The van der Waals surface area contributed by atoms with Gasteiger partial charge in [-0.05, 0) is 36.8 Å². The highest BCUT2D eigenvalue weighted by Crippen LogP contribution is 2.49. The van der Waals surface area contributed by atoms with Crippen LogP contribution in [0.5, 0.6) is 0 Å². The fourth-order valence-electron chi connectivity index (χ4n) is 3.32. The van der Waals surface area contributed by atoms with Crippen LogP contribution in [0.25, 0.3) is 11.2 Å². The van der Waals surface area contributed by atoms with Gasteiger partial charge >= 0.3 is 7.60 Å². The summed E-state index contributed by atoms with van der Waals surface area (Å²) in [4.78, 5) is 22.6. The summed E-state index contributed by atoms with van der Waals surface area (Å²) in [6.07, 6.45) is 2.18. The summed E-state index contributed by atoms with van der Waals surface area (Å²) in [6.45, 7) is 1.91. The molecule has 37 heavy (non-hydrogen) atoms. The van der Waals surface area contributed by atoms with Gasteiger partial charge in [-0.2, -0.15) is 4.98 Å². The lowest BCUT2D eigenvalue weighted by atomic mass is 10.2. The van der Waals surface area contributed by atoms with Crippen molar-refractivity contribution in [2.75, 3.05) is 24.9 Å². The SMILES string of the molecule is Cc1ccc(COP(=O)(COCCn2cnc3c(=O)[nH]c(N)nc32)OCc2ccc(S(C)(=O)=O)cc2)o1. The van der Waals surface area contributed by atoms with Gasteiger partial charge in [0.2, 0.25) is 5.95 Å². The minimum Gasteiger partial charge on any atom is -0.464 e. The number of ether oxygens (including phenoxy) is 1. The Labute approximate surface area is 212 Å². The van der Waals surface area contributed by atoms with E-state index < -0.39 is 23.0 Å². The van der Waals surface area contributed by atoms with Gasteiger partial charge in [0.25, 0.3) is 5.56 Å². The predicted molar refractivity (Wildman–Crippen MR) is 134 cm³/mol. The number of rotatable bonds is 12. The van der Waals surface area contributed by atoms with Crippen LogP contribution < -0.4 is 11.3 Å². The lowest BCUT2D eigenvalue weighted by molar-refractivity contribution is 0.114. The van der Waals surface area contributed by atoms with E-state index in [2.05, 4.69) is 15.0 Å². The summed E-state index contributed by atoms with van der Waals surface area (Å²) in [6, 6.07) is 9.50. The molecule has 13 nitrogen and oxygen atoms in total. The number of nitrogens with zero attached hydrogens (tertiary/aromatic N) is 3. The van der Waals surface area contributed by atoms with Gasteiger partial charge in [0, 0.05) is 12.8 Å². The first-order valence-electron chi connectivity index (χ1n) is 11.0. The molecule has 0 saturated carbocycles. The largest absolute Gasteiger partial charge is 0.464 e. The molecule has 0 spiro atoms. The average molecular weight is 552 g/mol. The molecule has 15 heteroatoms. The number of hydrogen-bond acceptors (Lipinski definition) is 11. The van der Waals surface area contributed by atoms with E-state index in [-0.39, 0.29) is 49.1 Å². The Morgan fingerprint density at radius 2 is 1.86 bits per heavy atom. The molecule has 0 amide bonds. The van der Waals surface area contributed by atoms with Crippen LogP contribution in [0.1, 0.15) is 17.1 Å². The molecule has 0 bridgehead atoms. The second-order valence-electron chi connectivity index (χ2n) is 8.18. The number of benzene rings is 1. The van der Waals surface area contributed by atoms with Crippen LogP contribution in [0.4, 0.5) is 5.95 Å². The number of H-pyrrole nitrogens is 1. The highest BCUT2D eigenvalue weighted by molar-refractivity contribution is 7.90. The molecule has 198 valence electrons. The van der Waals surface area contributed by atoms with E-state index in [1.165, 1.54) is 18.5 Å².